The second kappa shape index (κ2) is 8.20. The number of rotatable bonds is 4. The van der Waals surface area contributed by atoms with Crippen molar-refractivity contribution in [3.8, 4) is 0 Å². The summed E-state index contributed by atoms with van der Waals surface area (Å²) >= 11 is 0. The summed E-state index contributed by atoms with van der Waals surface area (Å²) in [6.45, 7) is 0. The van der Waals surface area contributed by atoms with E-state index in [1.807, 2.05) is 60.7 Å². The van der Waals surface area contributed by atoms with Gasteiger partial charge in [0.1, 0.15) is 11.6 Å². The van der Waals surface area contributed by atoms with Crippen LogP contribution in [0.3, 0.4) is 0 Å². The number of allylic oxidation sites excluding steroid dienone is 4. The number of hydrogen-bond acceptors (Lipinski definition) is 1. The third kappa shape index (κ3) is 3.48. The van der Waals surface area contributed by atoms with E-state index in [1.165, 1.54) is 24.3 Å². The number of Topliss-reactive ketones (excluding diaryl/α,β-unsaturated/α-hetero) is 1. The molecule has 0 radical (unpaired) electrons. The van der Waals surface area contributed by atoms with Gasteiger partial charge in [-0.1, -0.05) is 84.9 Å². The number of halogens is 2. The van der Waals surface area contributed by atoms with Gasteiger partial charge in [-0.3, -0.25) is 4.79 Å². The predicted molar refractivity (Wildman–Crippen MR) is 124 cm³/mol. The van der Waals surface area contributed by atoms with Crippen molar-refractivity contribution >= 4 is 28.1 Å². The number of benzene rings is 4. The SMILES string of the molecule is O=C1C(c2ccc(F)cc2)=C(c2ccccc2)C(c2ccc(F)cc2)=C1c1ccccc1. The third-order valence-corrected chi connectivity index (χ3v) is 5.59. The highest BCUT2D eigenvalue weighted by molar-refractivity contribution is 6.59. The summed E-state index contributed by atoms with van der Waals surface area (Å²) in [5, 5.41) is 0. The summed E-state index contributed by atoms with van der Waals surface area (Å²) in [4.78, 5) is 13.9. The van der Waals surface area contributed by atoms with E-state index in [1.54, 1.807) is 24.3 Å². The van der Waals surface area contributed by atoms with Crippen molar-refractivity contribution in [1.29, 1.82) is 0 Å². The Balaban J connectivity index is 1.86. The second-order valence-corrected chi connectivity index (χ2v) is 7.57. The Morgan fingerprint density at radius 1 is 0.375 bits per heavy atom. The minimum absolute atomic E-state index is 0.138. The molecule has 0 aliphatic heterocycles. The van der Waals surface area contributed by atoms with E-state index < -0.39 is 0 Å². The van der Waals surface area contributed by atoms with E-state index in [9.17, 15) is 13.6 Å². The highest BCUT2D eigenvalue weighted by Crippen LogP contribution is 2.49. The van der Waals surface area contributed by atoms with Gasteiger partial charge in [-0.25, -0.2) is 8.78 Å². The smallest absolute Gasteiger partial charge is 0.195 e. The molecule has 0 N–H and O–H groups in total. The third-order valence-electron chi connectivity index (χ3n) is 5.59. The highest BCUT2D eigenvalue weighted by atomic mass is 19.1. The quantitative estimate of drug-likeness (QED) is 0.345. The average molecular weight is 420 g/mol. The van der Waals surface area contributed by atoms with Crippen molar-refractivity contribution in [2.75, 3.05) is 0 Å². The summed E-state index contributed by atoms with van der Waals surface area (Å²) in [5.41, 5.74) is 5.59. The number of carbonyl (C=O) groups excluding carboxylic acids is 1. The Hall–Kier alpha value is -4.11. The zero-order chi connectivity index (χ0) is 22.1. The Kier molecular flexibility index (Phi) is 5.08. The molecule has 1 nitrogen and oxygen atoms in total. The van der Waals surface area contributed by atoms with Gasteiger partial charge in [-0.2, -0.15) is 0 Å². The van der Waals surface area contributed by atoms with Crippen LogP contribution in [0, 0.1) is 11.6 Å². The molecule has 0 aromatic heterocycles. The van der Waals surface area contributed by atoms with E-state index in [4.69, 9.17) is 0 Å². The first-order valence-corrected chi connectivity index (χ1v) is 10.3. The van der Waals surface area contributed by atoms with Crippen LogP contribution in [-0.2, 0) is 4.79 Å². The lowest BCUT2D eigenvalue weighted by Gasteiger charge is -2.13. The van der Waals surface area contributed by atoms with Crippen molar-refractivity contribution in [2.24, 2.45) is 0 Å². The molecule has 0 atom stereocenters. The van der Waals surface area contributed by atoms with Gasteiger partial charge in [-0.05, 0) is 46.5 Å². The topological polar surface area (TPSA) is 17.1 Å². The molecule has 0 unspecified atom stereocenters. The monoisotopic (exact) mass is 420 g/mol. The fourth-order valence-corrected chi connectivity index (χ4v) is 4.17. The van der Waals surface area contributed by atoms with Crippen LogP contribution in [0.1, 0.15) is 22.3 Å². The van der Waals surface area contributed by atoms with E-state index in [0.717, 1.165) is 27.8 Å². The predicted octanol–water partition coefficient (Wildman–Crippen LogP) is 7.07. The first-order chi connectivity index (χ1) is 15.6. The molecule has 4 aromatic carbocycles. The molecule has 0 bridgehead atoms. The maximum Gasteiger partial charge on any atom is 0.195 e. The first kappa shape index (κ1) is 19.8. The van der Waals surface area contributed by atoms with Crippen LogP contribution >= 0.6 is 0 Å². The molecule has 1 aliphatic rings. The summed E-state index contributed by atoms with van der Waals surface area (Å²) < 4.78 is 27.4. The lowest BCUT2D eigenvalue weighted by atomic mass is 9.89. The summed E-state index contributed by atoms with van der Waals surface area (Å²) in [6.07, 6.45) is 0. The molecular weight excluding hydrogens is 402 g/mol. The van der Waals surface area contributed by atoms with E-state index in [0.29, 0.717) is 16.7 Å². The number of carbonyl (C=O) groups is 1. The zero-order valence-corrected chi connectivity index (χ0v) is 17.1. The van der Waals surface area contributed by atoms with Crippen LogP contribution in [0.15, 0.2) is 109 Å². The minimum atomic E-state index is -0.365. The molecule has 0 fully saturated rings. The van der Waals surface area contributed by atoms with Crippen LogP contribution < -0.4 is 0 Å². The van der Waals surface area contributed by atoms with E-state index in [-0.39, 0.29) is 17.4 Å². The Labute approximate surface area is 185 Å². The van der Waals surface area contributed by atoms with Gasteiger partial charge < -0.3 is 0 Å². The molecule has 0 heterocycles. The maximum atomic E-state index is 13.9. The Bertz CT molecular complexity index is 1350. The van der Waals surface area contributed by atoms with Crippen LogP contribution in [0.5, 0.6) is 0 Å². The van der Waals surface area contributed by atoms with Crippen molar-refractivity contribution in [3.63, 3.8) is 0 Å². The normalized spacial score (nSPS) is 13.8. The van der Waals surface area contributed by atoms with E-state index >= 15 is 0 Å². The van der Waals surface area contributed by atoms with Gasteiger partial charge in [0.25, 0.3) is 0 Å². The van der Waals surface area contributed by atoms with Gasteiger partial charge in [0.05, 0.1) is 0 Å². The number of ketones is 1. The lowest BCUT2D eigenvalue weighted by molar-refractivity contribution is -0.108. The molecule has 0 amide bonds. The molecule has 0 saturated heterocycles. The van der Waals surface area contributed by atoms with Crippen molar-refractivity contribution in [2.45, 2.75) is 0 Å². The Morgan fingerprint density at radius 3 is 1.09 bits per heavy atom. The standard InChI is InChI=1S/C29H18F2O/c30-23-15-11-21(12-16-23)26-25(19-7-3-1-4-8-19)28(22-13-17-24(31)18-14-22)29(32)27(26)20-9-5-2-6-10-20/h1-18H. The molecule has 0 spiro atoms. The Morgan fingerprint density at radius 2 is 0.688 bits per heavy atom. The van der Waals surface area contributed by atoms with Crippen LogP contribution in [0.4, 0.5) is 8.78 Å². The molecular formula is C29H18F2O. The summed E-state index contributed by atoms with van der Waals surface area (Å²) in [6, 6.07) is 31.2. The van der Waals surface area contributed by atoms with Gasteiger partial charge in [-0.15, -0.1) is 0 Å². The maximum absolute atomic E-state index is 13.9. The van der Waals surface area contributed by atoms with Gasteiger partial charge in [0, 0.05) is 22.3 Å². The molecule has 0 saturated carbocycles. The molecule has 3 heteroatoms. The second-order valence-electron chi connectivity index (χ2n) is 7.57. The van der Waals surface area contributed by atoms with Crippen LogP contribution in [-0.4, -0.2) is 5.78 Å². The minimum Gasteiger partial charge on any atom is -0.289 e. The molecule has 1 aliphatic carbocycles. The van der Waals surface area contributed by atoms with Crippen LogP contribution in [0.2, 0.25) is 0 Å². The van der Waals surface area contributed by atoms with Crippen molar-refractivity contribution in [3.05, 3.63) is 143 Å². The summed E-state index contributed by atoms with van der Waals surface area (Å²) in [7, 11) is 0. The van der Waals surface area contributed by atoms with Gasteiger partial charge in [0.2, 0.25) is 0 Å². The molecule has 154 valence electrons. The van der Waals surface area contributed by atoms with Gasteiger partial charge in [0.15, 0.2) is 5.78 Å². The fourth-order valence-electron chi connectivity index (χ4n) is 4.17. The summed E-state index contributed by atoms with van der Waals surface area (Å²) in [5.74, 6) is -0.846. The zero-order valence-electron chi connectivity index (χ0n) is 17.1. The van der Waals surface area contributed by atoms with Crippen molar-refractivity contribution in [1.82, 2.24) is 0 Å². The fraction of sp³-hybridized carbons (Fsp3) is 0. The molecule has 32 heavy (non-hydrogen) atoms. The molecule has 4 aromatic rings. The van der Waals surface area contributed by atoms with Gasteiger partial charge >= 0.3 is 0 Å². The average Bonchev–Trinajstić information content (AvgIpc) is 3.14. The largest absolute Gasteiger partial charge is 0.289 e. The molecule has 5 rings (SSSR count). The number of hydrogen-bond donors (Lipinski definition) is 0. The van der Waals surface area contributed by atoms with Crippen molar-refractivity contribution < 1.29 is 13.6 Å². The first-order valence-electron chi connectivity index (χ1n) is 10.3. The lowest BCUT2D eigenvalue weighted by Crippen LogP contribution is -2.02. The van der Waals surface area contributed by atoms with Crippen LogP contribution in [0.25, 0.3) is 22.3 Å². The van der Waals surface area contributed by atoms with E-state index in [2.05, 4.69) is 0 Å². The highest BCUT2D eigenvalue weighted by Gasteiger charge is 2.35.